The monoisotopic (exact) mass is 562 g/mol. The number of fused-ring (bicyclic) bond motifs is 1. The summed E-state index contributed by atoms with van der Waals surface area (Å²) in [4.78, 5) is 43.9. The number of rotatable bonds is 11. The van der Waals surface area contributed by atoms with Gasteiger partial charge >= 0.3 is 12.4 Å². The molecular weight excluding hydrogens is 529 g/mol. The Hall–Kier alpha value is -4.18. The van der Waals surface area contributed by atoms with Crippen LogP contribution in [0.25, 0.3) is 0 Å². The molecule has 3 amide bonds. The molecule has 10 nitrogen and oxygen atoms in total. The Morgan fingerprint density at radius 2 is 2.05 bits per heavy atom. The van der Waals surface area contributed by atoms with Crippen LogP contribution in [0.3, 0.4) is 0 Å². The summed E-state index contributed by atoms with van der Waals surface area (Å²) >= 11 is 0. The normalized spacial score (nSPS) is 14.2. The van der Waals surface area contributed by atoms with Gasteiger partial charge in [0.05, 0.1) is 17.9 Å². The van der Waals surface area contributed by atoms with Gasteiger partial charge in [-0.1, -0.05) is 13.0 Å². The third-order valence-corrected chi connectivity index (χ3v) is 5.86. The van der Waals surface area contributed by atoms with Crippen LogP contribution in [0.15, 0.2) is 41.3 Å². The van der Waals surface area contributed by atoms with Crippen molar-refractivity contribution >= 4 is 24.0 Å². The zero-order valence-electron chi connectivity index (χ0n) is 22.9. The lowest BCUT2D eigenvalue weighted by Gasteiger charge is -2.29. The number of alkyl halides is 3. The van der Waals surface area contributed by atoms with Crippen molar-refractivity contribution in [3.63, 3.8) is 0 Å². The van der Waals surface area contributed by atoms with E-state index in [1.54, 1.807) is 26.1 Å². The molecule has 2 rings (SSSR count). The molecule has 1 aliphatic rings. The van der Waals surface area contributed by atoms with Crippen molar-refractivity contribution in [1.29, 1.82) is 5.26 Å². The van der Waals surface area contributed by atoms with Crippen molar-refractivity contribution < 1.29 is 32.3 Å². The highest BCUT2D eigenvalue weighted by molar-refractivity contribution is 5.94. The number of hydrogen-bond acceptors (Lipinski definition) is 7. The van der Waals surface area contributed by atoms with Crippen molar-refractivity contribution in [2.45, 2.75) is 52.9 Å². The molecule has 0 atom stereocenters. The zero-order chi connectivity index (χ0) is 29.9. The maximum Gasteiger partial charge on any atom is 0.522 e. The average Bonchev–Trinajstić information content (AvgIpc) is 2.89. The van der Waals surface area contributed by atoms with Crippen molar-refractivity contribution in [2.75, 3.05) is 31.6 Å². The maximum atomic E-state index is 13.2. The average molecular weight is 563 g/mol. The van der Waals surface area contributed by atoms with Crippen LogP contribution in [0.5, 0.6) is 0 Å². The summed E-state index contributed by atoms with van der Waals surface area (Å²) in [6, 6.07) is 3.25. The summed E-state index contributed by atoms with van der Waals surface area (Å²) in [5.74, 6) is 0.160. The molecule has 0 radical (unpaired) electrons. The van der Waals surface area contributed by atoms with Crippen LogP contribution in [-0.4, -0.2) is 61.2 Å². The van der Waals surface area contributed by atoms with E-state index >= 15 is 0 Å². The van der Waals surface area contributed by atoms with Crippen molar-refractivity contribution in [3.8, 4) is 6.07 Å². The first-order chi connectivity index (χ1) is 18.9. The largest absolute Gasteiger partial charge is 0.522 e. The first-order valence-electron chi connectivity index (χ1n) is 12.6. The number of allylic oxidation sites excluding steroid dienone is 5. The molecule has 1 aromatic rings. The fourth-order valence-electron chi connectivity index (χ4n) is 3.84. The molecule has 2 heterocycles. The Morgan fingerprint density at radius 1 is 1.32 bits per heavy atom. The van der Waals surface area contributed by atoms with Crippen molar-refractivity contribution in [2.24, 2.45) is 0 Å². The molecule has 0 spiro atoms. The summed E-state index contributed by atoms with van der Waals surface area (Å²) in [5.41, 5.74) is 2.12. The number of urea groups is 1. The second kappa shape index (κ2) is 14.8. The fourth-order valence-corrected chi connectivity index (χ4v) is 3.84. The van der Waals surface area contributed by atoms with E-state index in [-0.39, 0.29) is 36.0 Å². The smallest absolute Gasteiger partial charge is 0.382 e. The van der Waals surface area contributed by atoms with Crippen LogP contribution >= 0.6 is 0 Å². The standard InChI is InChI=1S/C27H33F3N6O4/c1-5-6-8-21(15-31)23(32-10-12-40-27(28,29)30)13-18(2)33-26(39)36-11-7-9-20-14-22(16-35(4)19(3)38)24(17-37)34-25(20)36/h6,8,13-14,17,32H,5,7,9-12,16H2,1-4H3,(H,33,39)/b8-6+,18-13+,23-21-. The Kier molecular flexibility index (Phi) is 11.9. The SMILES string of the molecule is CC/C=C/C(C#N)=C(\C=C(/C)NC(=O)N1CCCc2cc(CN(C)C(C)=O)c(C=O)nc21)NCCOC(F)(F)F. The van der Waals surface area contributed by atoms with Gasteiger partial charge in [-0.3, -0.25) is 19.2 Å². The third kappa shape index (κ3) is 9.53. The number of amides is 3. The first kappa shape index (κ1) is 32.0. The number of aryl methyl sites for hydroxylation is 1. The quantitative estimate of drug-likeness (QED) is 0.180. The van der Waals surface area contributed by atoms with Crippen LogP contribution in [0, 0.1) is 11.3 Å². The minimum atomic E-state index is -4.78. The molecule has 1 aliphatic heterocycles. The molecule has 216 valence electrons. The molecular formula is C27H33F3N6O4. The number of ether oxygens (including phenoxy) is 1. The van der Waals surface area contributed by atoms with Gasteiger partial charge in [0.15, 0.2) is 6.29 Å². The summed E-state index contributed by atoms with van der Waals surface area (Å²) in [7, 11) is 1.61. The van der Waals surface area contributed by atoms with Gasteiger partial charge in [0.25, 0.3) is 0 Å². The van der Waals surface area contributed by atoms with E-state index in [9.17, 15) is 32.8 Å². The van der Waals surface area contributed by atoms with Gasteiger partial charge in [-0.25, -0.2) is 9.78 Å². The lowest BCUT2D eigenvalue weighted by Crippen LogP contribution is -2.43. The van der Waals surface area contributed by atoms with Crippen LogP contribution in [0.4, 0.5) is 23.8 Å². The Morgan fingerprint density at radius 3 is 2.65 bits per heavy atom. The number of carbonyl (C=O) groups is 3. The number of pyridine rings is 1. The highest BCUT2D eigenvalue weighted by Crippen LogP contribution is 2.28. The van der Waals surface area contributed by atoms with Gasteiger partial charge < -0.3 is 15.5 Å². The lowest BCUT2D eigenvalue weighted by atomic mass is 10.0. The second-order valence-electron chi connectivity index (χ2n) is 8.99. The number of halogens is 3. The number of nitriles is 1. The third-order valence-electron chi connectivity index (χ3n) is 5.86. The number of carbonyl (C=O) groups excluding carboxylic acids is 3. The van der Waals surface area contributed by atoms with Gasteiger partial charge in [0.1, 0.15) is 17.6 Å². The van der Waals surface area contributed by atoms with Crippen molar-refractivity contribution in [3.05, 3.63) is 58.1 Å². The molecule has 0 fully saturated rings. The summed E-state index contributed by atoms with van der Waals surface area (Å²) in [5, 5.41) is 15.1. The molecule has 0 bridgehead atoms. The molecule has 0 saturated carbocycles. The molecule has 0 aliphatic carbocycles. The minimum Gasteiger partial charge on any atom is -0.382 e. The van der Waals surface area contributed by atoms with E-state index in [4.69, 9.17) is 0 Å². The number of anilines is 1. The molecule has 0 unspecified atom stereocenters. The number of aldehydes is 1. The topological polar surface area (TPSA) is 128 Å². The van der Waals surface area contributed by atoms with Gasteiger partial charge in [-0.2, -0.15) is 5.26 Å². The van der Waals surface area contributed by atoms with Crippen LogP contribution < -0.4 is 15.5 Å². The predicted molar refractivity (Wildman–Crippen MR) is 142 cm³/mol. The number of hydrogen-bond donors (Lipinski definition) is 2. The van der Waals surface area contributed by atoms with Crippen LogP contribution in [-0.2, 0) is 22.5 Å². The highest BCUT2D eigenvalue weighted by Gasteiger charge is 2.29. The van der Waals surface area contributed by atoms with E-state index in [1.165, 1.54) is 28.9 Å². The van der Waals surface area contributed by atoms with Gasteiger partial charge in [-0.15, -0.1) is 13.2 Å². The van der Waals surface area contributed by atoms with E-state index in [1.807, 2.05) is 13.0 Å². The molecule has 1 aromatic heterocycles. The maximum absolute atomic E-state index is 13.2. The molecule has 13 heteroatoms. The lowest BCUT2D eigenvalue weighted by molar-refractivity contribution is -0.323. The van der Waals surface area contributed by atoms with Gasteiger partial charge in [-0.05, 0) is 50.0 Å². The first-order valence-corrected chi connectivity index (χ1v) is 12.6. The van der Waals surface area contributed by atoms with E-state index in [2.05, 4.69) is 20.4 Å². The number of nitrogens with zero attached hydrogens (tertiary/aromatic N) is 4. The molecule has 2 N–H and O–H groups in total. The number of aromatic nitrogens is 1. The van der Waals surface area contributed by atoms with Crippen molar-refractivity contribution in [1.82, 2.24) is 20.5 Å². The van der Waals surface area contributed by atoms with Crippen LogP contribution in [0.1, 0.15) is 55.2 Å². The highest BCUT2D eigenvalue weighted by atomic mass is 19.4. The second-order valence-corrected chi connectivity index (χ2v) is 8.99. The van der Waals surface area contributed by atoms with E-state index < -0.39 is 19.0 Å². The minimum absolute atomic E-state index is 0.121. The van der Waals surface area contributed by atoms with E-state index in [0.717, 1.165) is 5.56 Å². The Balaban J connectivity index is 2.29. The Bertz CT molecular complexity index is 1230. The van der Waals surface area contributed by atoms with E-state index in [0.29, 0.717) is 49.2 Å². The zero-order valence-corrected chi connectivity index (χ0v) is 22.9. The predicted octanol–water partition coefficient (Wildman–Crippen LogP) is 4.11. The number of nitrogens with one attached hydrogen (secondary N) is 2. The van der Waals surface area contributed by atoms with Gasteiger partial charge in [0.2, 0.25) is 5.91 Å². The summed E-state index contributed by atoms with van der Waals surface area (Å²) in [6.07, 6.45) is 2.40. The molecule has 40 heavy (non-hydrogen) atoms. The fraction of sp³-hybridized carbons (Fsp3) is 0.444. The summed E-state index contributed by atoms with van der Waals surface area (Å²) in [6.45, 7) is 4.46. The molecule has 0 aromatic carbocycles. The molecule has 0 saturated heterocycles. The summed E-state index contributed by atoms with van der Waals surface area (Å²) < 4.78 is 40.8. The van der Waals surface area contributed by atoms with Gasteiger partial charge in [0, 0.05) is 44.9 Å². The Labute approximate surface area is 231 Å². The van der Waals surface area contributed by atoms with Crippen LogP contribution in [0.2, 0.25) is 0 Å².